The van der Waals surface area contributed by atoms with E-state index in [0.29, 0.717) is 22.6 Å². The highest BCUT2D eigenvalue weighted by Crippen LogP contribution is 2.43. The Kier molecular flexibility index (Phi) is 6.70. The van der Waals surface area contributed by atoms with Gasteiger partial charge in [-0.15, -0.1) is 11.3 Å². The van der Waals surface area contributed by atoms with Gasteiger partial charge in [0.15, 0.2) is 0 Å². The molecule has 1 aromatic carbocycles. The number of thiazole rings is 1. The van der Waals surface area contributed by atoms with Gasteiger partial charge in [0.1, 0.15) is 5.01 Å². The van der Waals surface area contributed by atoms with Gasteiger partial charge in [0.05, 0.1) is 6.42 Å². The predicted molar refractivity (Wildman–Crippen MR) is 110 cm³/mol. The van der Waals surface area contributed by atoms with Gasteiger partial charge in [-0.1, -0.05) is 19.1 Å². The van der Waals surface area contributed by atoms with Crippen LogP contribution in [0.25, 0.3) is 0 Å². The number of hydrogen-bond acceptors (Lipinski definition) is 5. The van der Waals surface area contributed by atoms with Crippen LogP contribution in [0.3, 0.4) is 0 Å². The van der Waals surface area contributed by atoms with Crippen LogP contribution >= 0.6 is 11.3 Å². The van der Waals surface area contributed by atoms with E-state index in [-0.39, 0.29) is 32.1 Å². The first-order valence-corrected chi connectivity index (χ1v) is 10.8. The van der Waals surface area contributed by atoms with Gasteiger partial charge in [-0.05, 0) is 31.0 Å². The summed E-state index contributed by atoms with van der Waals surface area (Å²) < 4.78 is 40.9. The smallest absolute Gasteiger partial charge is 0.374 e. The molecule has 1 N–H and O–H groups in total. The average Bonchev–Trinajstić information content (AvgIpc) is 3.19. The number of halogens is 3. The summed E-state index contributed by atoms with van der Waals surface area (Å²) in [6.07, 6.45) is -5.33. The number of rotatable bonds is 5. The second-order valence-electron chi connectivity index (χ2n) is 7.55. The number of alkyl halides is 3. The van der Waals surface area contributed by atoms with E-state index in [0.717, 1.165) is 12.0 Å². The van der Waals surface area contributed by atoms with Gasteiger partial charge in [-0.25, -0.2) is 4.98 Å². The fourth-order valence-corrected chi connectivity index (χ4v) is 4.31. The highest BCUT2D eigenvalue weighted by atomic mass is 32.1. The standard InChI is InChI=1S/C21H24F3N3O3S/c1-3-15-4-6-16(7-5-15)18(29)27-10-8-26(9-11-27)17(28)12-20(30,21(22,23)24)19-25-14(2)13-31-19/h4-7,13,30H,3,8-12H2,1-2H3. The summed E-state index contributed by atoms with van der Waals surface area (Å²) in [6, 6.07) is 7.26. The molecule has 1 aliphatic rings. The summed E-state index contributed by atoms with van der Waals surface area (Å²) in [5, 5.41) is 11.2. The molecule has 1 unspecified atom stereocenters. The van der Waals surface area contributed by atoms with E-state index in [9.17, 15) is 27.9 Å². The molecule has 1 fully saturated rings. The molecule has 0 saturated carbocycles. The Hall–Kier alpha value is -2.46. The topological polar surface area (TPSA) is 73.7 Å². The number of carbonyl (C=O) groups excluding carboxylic acids is 2. The number of aromatic nitrogens is 1. The molecule has 1 atom stereocenters. The molecule has 0 bridgehead atoms. The second-order valence-corrected chi connectivity index (χ2v) is 8.41. The molecule has 2 aromatic rings. The maximum Gasteiger partial charge on any atom is 0.424 e. The predicted octanol–water partition coefficient (Wildman–Crippen LogP) is 3.14. The Morgan fingerprint density at radius 3 is 2.16 bits per heavy atom. The number of aliphatic hydroxyl groups is 1. The number of aryl methyl sites for hydroxylation is 2. The number of amides is 2. The normalized spacial score (nSPS) is 16.8. The Labute approximate surface area is 182 Å². The van der Waals surface area contributed by atoms with E-state index < -0.39 is 29.1 Å². The van der Waals surface area contributed by atoms with Gasteiger partial charge in [-0.2, -0.15) is 13.2 Å². The third kappa shape index (κ3) is 4.90. The zero-order valence-corrected chi connectivity index (χ0v) is 18.1. The van der Waals surface area contributed by atoms with Crippen LogP contribution in [0.1, 0.15) is 40.0 Å². The lowest BCUT2D eigenvalue weighted by molar-refractivity contribution is -0.268. The average molecular weight is 456 g/mol. The number of hydrogen-bond donors (Lipinski definition) is 1. The summed E-state index contributed by atoms with van der Waals surface area (Å²) >= 11 is 0.672. The minimum atomic E-state index is -5.05. The van der Waals surface area contributed by atoms with Crippen LogP contribution in [0, 0.1) is 6.92 Å². The van der Waals surface area contributed by atoms with Gasteiger partial charge in [0, 0.05) is 42.8 Å². The summed E-state index contributed by atoms with van der Waals surface area (Å²) in [4.78, 5) is 31.8. The first-order chi connectivity index (χ1) is 14.5. The van der Waals surface area contributed by atoms with Crippen molar-refractivity contribution in [2.24, 2.45) is 0 Å². The summed E-state index contributed by atoms with van der Waals surface area (Å²) in [5.41, 5.74) is -1.35. The molecule has 3 rings (SSSR count). The monoisotopic (exact) mass is 455 g/mol. The molecule has 2 heterocycles. The zero-order chi connectivity index (χ0) is 22.8. The molecule has 0 spiro atoms. The first kappa shape index (κ1) is 23.2. The molecule has 168 valence electrons. The molecular formula is C21H24F3N3O3S. The lowest BCUT2D eigenvalue weighted by Gasteiger charge is -2.36. The molecule has 1 aromatic heterocycles. The van der Waals surface area contributed by atoms with Crippen LogP contribution in [0.2, 0.25) is 0 Å². The van der Waals surface area contributed by atoms with Crippen molar-refractivity contribution in [1.82, 2.24) is 14.8 Å². The van der Waals surface area contributed by atoms with E-state index in [1.54, 1.807) is 17.0 Å². The zero-order valence-electron chi connectivity index (χ0n) is 17.3. The molecule has 1 aliphatic heterocycles. The highest BCUT2D eigenvalue weighted by Gasteiger charge is 2.58. The molecule has 0 aliphatic carbocycles. The third-order valence-electron chi connectivity index (χ3n) is 5.38. The van der Waals surface area contributed by atoms with Crippen molar-refractivity contribution in [2.45, 2.75) is 38.5 Å². The number of piperazine rings is 1. The summed E-state index contributed by atoms with van der Waals surface area (Å²) in [6.45, 7) is 4.15. The Balaban J connectivity index is 1.64. The van der Waals surface area contributed by atoms with Crippen molar-refractivity contribution in [3.05, 3.63) is 51.5 Å². The maximum atomic E-state index is 13.6. The van der Waals surface area contributed by atoms with Gasteiger partial charge in [-0.3, -0.25) is 9.59 Å². The van der Waals surface area contributed by atoms with E-state index in [1.165, 1.54) is 17.2 Å². The van der Waals surface area contributed by atoms with E-state index in [2.05, 4.69) is 4.98 Å². The molecule has 31 heavy (non-hydrogen) atoms. The lowest BCUT2D eigenvalue weighted by atomic mass is 9.98. The Bertz CT molecular complexity index is 937. The molecular weight excluding hydrogens is 431 g/mol. The third-order valence-corrected chi connectivity index (χ3v) is 6.49. The SMILES string of the molecule is CCc1ccc(C(=O)N2CCN(C(=O)CC(O)(c3nc(C)cs3)C(F)(F)F)CC2)cc1. The lowest BCUT2D eigenvalue weighted by Crippen LogP contribution is -2.53. The Morgan fingerprint density at radius 1 is 1.10 bits per heavy atom. The minimum Gasteiger partial charge on any atom is -0.374 e. The molecule has 6 nitrogen and oxygen atoms in total. The summed E-state index contributed by atoms with van der Waals surface area (Å²) in [7, 11) is 0. The molecule has 10 heteroatoms. The van der Waals surface area contributed by atoms with Crippen LogP contribution in [0.5, 0.6) is 0 Å². The van der Waals surface area contributed by atoms with Crippen molar-refractivity contribution in [2.75, 3.05) is 26.2 Å². The van der Waals surface area contributed by atoms with Gasteiger partial charge >= 0.3 is 6.18 Å². The van der Waals surface area contributed by atoms with Crippen molar-refractivity contribution < 1.29 is 27.9 Å². The fraction of sp³-hybridized carbons (Fsp3) is 0.476. The van der Waals surface area contributed by atoms with Gasteiger partial charge < -0.3 is 14.9 Å². The first-order valence-electron chi connectivity index (χ1n) is 9.93. The van der Waals surface area contributed by atoms with E-state index in [4.69, 9.17) is 0 Å². The maximum absolute atomic E-state index is 13.6. The van der Waals surface area contributed by atoms with Crippen molar-refractivity contribution in [3.8, 4) is 0 Å². The van der Waals surface area contributed by atoms with Crippen molar-refractivity contribution in [1.29, 1.82) is 0 Å². The molecule has 0 radical (unpaired) electrons. The largest absolute Gasteiger partial charge is 0.424 e. The minimum absolute atomic E-state index is 0.0997. The van der Waals surface area contributed by atoms with Crippen LogP contribution in [0.4, 0.5) is 13.2 Å². The van der Waals surface area contributed by atoms with Crippen LogP contribution < -0.4 is 0 Å². The fourth-order valence-electron chi connectivity index (χ4n) is 3.40. The van der Waals surface area contributed by atoms with Crippen LogP contribution in [-0.4, -0.2) is 64.1 Å². The number of carbonyl (C=O) groups is 2. The van der Waals surface area contributed by atoms with Gasteiger partial charge in [0.25, 0.3) is 5.91 Å². The highest BCUT2D eigenvalue weighted by molar-refractivity contribution is 7.09. The number of nitrogens with zero attached hydrogens (tertiary/aromatic N) is 3. The van der Waals surface area contributed by atoms with Crippen molar-refractivity contribution >= 4 is 23.2 Å². The van der Waals surface area contributed by atoms with Crippen molar-refractivity contribution in [3.63, 3.8) is 0 Å². The number of benzene rings is 1. The van der Waals surface area contributed by atoms with E-state index in [1.807, 2.05) is 19.1 Å². The molecule has 2 amide bonds. The van der Waals surface area contributed by atoms with Crippen LogP contribution in [0.15, 0.2) is 29.6 Å². The molecule has 1 saturated heterocycles. The Morgan fingerprint density at radius 2 is 1.68 bits per heavy atom. The second kappa shape index (κ2) is 8.96. The van der Waals surface area contributed by atoms with E-state index >= 15 is 0 Å². The van der Waals surface area contributed by atoms with Crippen LogP contribution in [-0.2, 0) is 16.8 Å². The van der Waals surface area contributed by atoms with Gasteiger partial charge in [0.2, 0.25) is 11.5 Å². The summed E-state index contributed by atoms with van der Waals surface area (Å²) in [5.74, 6) is -1.01. The quantitative estimate of drug-likeness (QED) is 0.752.